The van der Waals surface area contributed by atoms with Crippen molar-refractivity contribution in [3.05, 3.63) is 71.3 Å². The second-order valence-corrected chi connectivity index (χ2v) is 4.29. The van der Waals surface area contributed by atoms with Crippen molar-refractivity contribution in [2.75, 3.05) is 0 Å². The number of hydrogen-bond donors (Lipinski definition) is 0. The molecule has 2 aromatic carbocycles. The lowest BCUT2D eigenvalue weighted by atomic mass is 10.00. The molecular formula is C16H9O4-. The zero-order valence-electron chi connectivity index (χ0n) is 10.3. The minimum Gasteiger partial charge on any atom is -0.545 e. The Morgan fingerprint density at radius 3 is 2.15 bits per heavy atom. The fourth-order valence-corrected chi connectivity index (χ4v) is 2.19. The number of benzene rings is 2. The summed E-state index contributed by atoms with van der Waals surface area (Å²) in [5.41, 5.74) is 1.15. The van der Waals surface area contributed by atoms with Crippen LogP contribution in [-0.2, 0) is 9.53 Å². The van der Waals surface area contributed by atoms with Gasteiger partial charge in [0.2, 0.25) is 0 Å². The Bertz CT molecular complexity index is 729. The van der Waals surface area contributed by atoms with Crippen molar-refractivity contribution in [2.45, 2.75) is 0 Å². The molecule has 0 bridgehead atoms. The minimum absolute atomic E-state index is 0.0387. The second-order valence-electron chi connectivity index (χ2n) is 4.29. The van der Waals surface area contributed by atoms with Gasteiger partial charge in [0.15, 0.2) is 0 Å². The van der Waals surface area contributed by atoms with Crippen molar-refractivity contribution >= 4 is 23.3 Å². The first-order chi connectivity index (χ1) is 9.68. The molecule has 0 aromatic heterocycles. The number of carboxylic acid groups (broad SMARTS) is 1. The molecule has 0 saturated carbocycles. The van der Waals surface area contributed by atoms with Crippen molar-refractivity contribution in [3.8, 4) is 0 Å². The quantitative estimate of drug-likeness (QED) is 0.609. The summed E-state index contributed by atoms with van der Waals surface area (Å²) in [6.45, 7) is 0. The number of ether oxygens (including phenoxy) is 1. The van der Waals surface area contributed by atoms with Gasteiger partial charge < -0.3 is 14.6 Å². The number of esters is 1. The first-order valence-corrected chi connectivity index (χ1v) is 6.01. The molecule has 4 nitrogen and oxygen atoms in total. The lowest BCUT2D eigenvalue weighted by molar-refractivity contribution is -0.295. The Hall–Kier alpha value is -2.88. The van der Waals surface area contributed by atoms with Crippen LogP contribution in [0.1, 0.15) is 21.5 Å². The van der Waals surface area contributed by atoms with E-state index >= 15 is 0 Å². The van der Waals surface area contributed by atoms with Gasteiger partial charge in [-0.2, -0.15) is 0 Å². The Morgan fingerprint density at radius 1 is 0.900 bits per heavy atom. The molecule has 1 aliphatic rings. The molecular weight excluding hydrogens is 256 g/mol. The zero-order chi connectivity index (χ0) is 14.1. The first-order valence-electron chi connectivity index (χ1n) is 6.01. The molecule has 0 fully saturated rings. The molecule has 0 radical (unpaired) electrons. The van der Waals surface area contributed by atoms with Gasteiger partial charge in [0.05, 0.1) is 11.5 Å². The molecule has 2 aromatic rings. The smallest absolute Gasteiger partial charge is 0.344 e. The maximum absolute atomic E-state index is 11.8. The fourth-order valence-electron chi connectivity index (χ4n) is 2.19. The summed E-state index contributed by atoms with van der Waals surface area (Å²) in [4.78, 5) is 23.2. The van der Waals surface area contributed by atoms with Gasteiger partial charge >= 0.3 is 5.97 Å². The Balaban J connectivity index is 2.27. The van der Waals surface area contributed by atoms with Crippen LogP contribution in [0.25, 0.3) is 11.3 Å². The highest BCUT2D eigenvalue weighted by Gasteiger charge is 2.29. The summed E-state index contributed by atoms with van der Waals surface area (Å²) >= 11 is 0. The molecule has 1 aliphatic heterocycles. The molecule has 4 heteroatoms. The first kappa shape index (κ1) is 12.2. The Labute approximate surface area is 114 Å². The molecule has 0 N–H and O–H groups in total. The van der Waals surface area contributed by atoms with Crippen LogP contribution in [0, 0.1) is 0 Å². The summed E-state index contributed by atoms with van der Waals surface area (Å²) in [6, 6.07) is 15.1. The van der Waals surface area contributed by atoms with Crippen LogP contribution in [0.5, 0.6) is 0 Å². The van der Waals surface area contributed by atoms with E-state index in [9.17, 15) is 14.7 Å². The lowest BCUT2D eigenvalue weighted by Gasteiger charge is -2.12. The topological polar surface area (TPSA) is 66.4 Å². The van der Waals surface area contributed by atoms with Gasteiger partial charge in [-0.3, -0.25) is 0 Å². The molecule has 0 spiro atoms. The number of carboxylic acids is 1. The van der Waals surface area contributed by atoms with Gasteiger partial charge in [0, 0.05) is 11.1 Å². The number of carbonyl (C=O) groups excluding carboxylic acids is 2. The molecule has 0 amide bonds. The van der Waals surface area contributed by atoms with E-state index in [4.69, 9.17) is 4.74 Å². The fraction of sp³-hybridized carbons (Fsp3) is 0. The predicted octanol–water partition coefficient (Wildman–Crippen LogP) is 1.48. The van der Waals surface area contributed by atoms with E-state index < -0.39 is 11.9 Å². The molecule has 98 valence electrons. The zero-order valence-corrected chi connectivity index (χ0v) is 10.3. The van der Waals surface area contributed by atoms with Crippen LogP contribution < -0.4 is 5.11 Å². The summed E-state index contributed by atoms with van der Waals surface area (Å²) in [6.07, 6.45) is 0. The third-order valence-corrected chi connectivity index (χ3v) is 3.08. The van der Waals surface area contributed by atoms with Gasteiger partial charge in [-0.1, -0.05) is 48.5 Å². The number of cyclic esters (lactones) is 1. The van der Waals surface area contributed by atoms with Crippen LogP contribution in [0.4, 0.5) is 0 Å². The van der Waals surface area contributed by atoms with E-state index in [0.29, 0.717) is 16.7 Å². The van der Waals surface area contributed by atoms with E-state index in [0.717, 1.165) is 0 Å². The van der Waals surface area contributed by atoms with E-state index in [-0.39, 0.29) is 11.3 Å². The number of fused-ring (bicyclic) bond motifs is 1. The number of rotatable bonds is 2. The van der Waals surface area contributed by atoms with Gasteiger partial charge in [0.25, 0.3) is 0 Å². The molecule has 20 heavy (non-hydrogen) atoms. The monoisotopic (exact) mass is 265 g/mol. The maximum Gasteiger partial charge on any atom is 0.344 e. The second kappa shape index (κ2) is 4.66. The van der Waals surface area contributed by atoms with Crippen molar-refractivity contribution < 1.29 is 19.4 Å². The van der Waals surface area contributed by atoms with Crippen LogP contribution in [-0.4, -0.2) is 11.9 Å². The van der Waals surface area contributed by atoms with Crippen molar-refractivity contribution in [1.82, 2.24) is 0 Å². The summed E-state index contributed by atoms with van der Waals surface area (Å²) < 4.78 is 5.13. The van der Waals surface area contributed by atoms with Crippen molar-refractivity contribution in [1.29, 1.82) is 0 Å². The number of hydrogen-bond acceptors (Lipinski definition) is 4. The molecule has 3 rings (SSSR count). The maximum atomic E-state index is 11.8. The van der Waals surface area contributed by atoms with Crippen molar-refractivity contribution in [2.24, 2.45) is 0 Å². The van der Waals surface area contributed by atoms with Gasteiger partial charge in [-0.25, -0.2) is 4.79 Å². The molecule has 0 saturated heterocycles. The molecule has 0 aliphatic carbocycles. The SMILES string of the molecule is O=C([O-])/C(=C1\OC(=O)c2ccccc21)c1ccccc1. The number of aliphatic carboxylic acids is 1. The highest BCUT2D eigenvalue weighted by Crippen LogP contribution is 2.35. The minimum atomic E-state index is -1.38. The van der Waals surface area contributed by atoms with E-state index in [1.54, 1.807) is 54.6 Å². The third kappa shape index (κ3) is 1.87. The molecule has 0 atom stereocenters. The highest BCUT2D eigenvalue weighted by molar-refractivity contribution is 6.25. The third-order valence-electron chi connectivity index (χ3n) is 3.08. The van der Waals surface area contributed by atoms with Gasteiger partial charge in [-0.15, -0.1) is 0 Å². The molecule has 0 unspecified atom stereocenters. The lowest BCUT2D eigenvalue weighted by Crippen LogP contribution is -2.24. The van der Waals surface area contributed by atoms with E-state index in [2.05, 4.69) is 0 Å². The number of carbonyl (C=O) groups is 2. The normalized spacial score (nSPS) is 15.5. The van der Waals surface area contributed by atoms with Crippen LogP contribution in [0.15, 0.2) is 54.6 Å². The Morgan fingerprint density at radius 2 is 1.50 bits per heavy atom. The van der Waals surface area contributed by atoms with Crippen LogP contribution >= 0.6 is 0 Å². The van der Waals surface area contributed by atoms with Crippen LogP contribution in [0.2, 0.25) is 0 Å². The largest absolute Gasteiger partial charge is 0.545 e. The van der Waals surface area contributed by atoms with E-state index in [1.165, 1.54) is 0 Å². The van der Waals surface area contributed by atoms with Crippen LogP contribution in [0.3, 0.4) is 0 Å². The van der Waals surface area contributed by atoms with E-state index in [1.807, 2.05) is 0 Å². The Kier molecular flexibility index (Phi) is 2.84. The summed E-state index contributed by atoms with van der Waals surface area (Å²) in [5, 5.41) is 11.4. The van der Waals surface area contributed by atoms with Gasteiger partial charge in [0.1, 0.15) is 5.76 Å². The predicted molar refractivity (Wildman–Crippen MR) is 70.1 cm³/mol. The summed E-state index contributed by atoms with van der Waals surface area (Å²) in [7, 11) is 0. The molecule has 1 heterocycles. The average molecular weight is 265 g/mol. The average Bonchev–Trinajstić information content (AvgIpc) is 2.78. The van der Waals surface area contributed by atoms with Gasteiger partial charge in [-0.05, 0) is 11.6 Å². The highest BCUT2D eigenvalue weighted by atomic mass is 16.5. The standard InChI is InChI=1S/C16H10O4/c17-15(18)13(10-6-2-1-3-7-10)14-11-8-4-5-9-12(11)16(19)20-14/h1-9H,(H,17,18)/p-1/b14-13-. The van der Waals surface area contributed by atoms with Crippen molar-refractivity contribution in [3.63, 3.8) is 0 Å². The summed E-state index contributed by atoms with van der Waals surface area (Å²) in [5.74, 6) is -1.89.